The average Bonchev–Trinajstić information content (AvgIpc) is 3.09. The van der Waals surface area contributed by atoms with Crippen molar-refractivity contribution in [3.05, 3.63) is 34.8 Å². The molecular formula is C16H25F2N5O2S. The molecule has 2 rings (SSSR count). The molecule has 146 valence electrons. The quantitative estimate of drug-likeness (QED) is 0.296. The van der Waals surface area contributed by atoms with Crippen LogP contribution < -0.4 is 16.8 Å². The van der Waals surface area contributed by atoms with E-state index in [9.17, 15) is 8.78 Å². The second-order valence-corrected chi connectivity index (χ2v) is 6.68. The highest BCUT2D eigenvalue weighted by molar-refractivity contribution is 7.15. The summed E-state index contributed by atoms with van der Waals surface area (Å²) in [6.45, 7) is 4.56. The molecule has 0 bridgehead atoms. The Kier molecular flexibility index (Phi) is 9.00. The Morgan fingerprint density at radius 2 is 2.15 bits per heavy atom. The smallest absolute Gasteiger partial charge is 0.230 e. The van der Waals surface area contributed by atoms with Crippen LogP contribution in [0.2, 0.25) is 0 Å². The molecular weight excluding hydrogens is 364 g/mol. The Hall–Kier alpha value is -2.20. The number of allylic oxidation sites excluding steroid dienone is 2. The molecule has 1 saturated heterocycles. The Morgan fingerprint density at radius 1 is 1.50 bits per heavy atom. The van der Waals surface area contributed by atoms with Crippen LogP contribution >= 0.6 is 11.3 Å². The van der Waals surface area contributed by atoms with Gasteiger partial charge in [0.05, 0.1) is 4.88 Å². The Morgan fingerprint density at radius 3 is 2.69 bits per heavy atom. The standard InChI is InChI=1S/C14H21F2N5OS.C2H4O/c1-8-5-9(22-12(18)4-3-11(15)17)6-21(8)7-10-13(16)20-14(19-2)23-10;1-2-3/h3-4,8-9H,5-7,17-18H2,1-2H3,(H,19,20);2H,1H3/b11-3-,12-4+;. The van der Waals surface area contributed by atoms with Crippen LogP contribution in [-0.2, 0) is 16.1 Å². The number of likely N-dealkylation sites (tertiary alicyclic amines) is 1. The molecule has 1 aromatic heterocycles. The van der Waals surface area contributed by atoms with Crippen LogP contribution in [0.1, 0.15) is 25.1 Å². The third-order valence-corrected chi connectivity index (χ3v) is 4.62. The van der Waals surface area contributed by atoms with E-state index in [1.807, 2.05) is 6.92 Å². The van der Waals surface area contributed by atoms with Crippen molar-refractivity contribution >= 4 is 22.8 Å². The third kappa shape index (κ3) is 6.96. The molecule has 0 radical (unpaired) electrons. The molecule has 0 amide bonds. The molecule has 2 atom stereocenters. The first-order valence-electron chi connectivity index (χ1n) is 8.02. The predicted octanol–water partition coefficient (Wildman–Crippen LogP) is 2.08. The van der Waals surface area contributed by atoms with Crippen LogP contribution in [0.15, 0.2) is 24.0 Å². The first-order chi connectivity index (χ1) is 12.3. The number of aldehydes is 1. The van der Waals surface area contributed by atoms with Gasteiger partial charge in [0.15, 0.2) is 17.0 Å². The molecule has 7 nitrogen and oxygen atoms in total. The normalized spacial score (nSPS) is 21.1. The molecule has 1 aliphatic heterocycles. The second kappa shape index (κ2) is 10.7. The number of nitrogens with one attached hydrogen (secondary N) is 1. The highest BCUT2D eigenvalue weighted by Crippen LogP contribution is 2.28. The first kappa shape index (κ1) is 21.8. The van der Waals surface area contributed by atoms with Crippen LogP contribution in [0.5, 0.6) is 0 Å². The van der Waals surface area contributed by atoms with Gasteiger partial charge in [-0.05, 0) is 19.9 Å². The van der Waals surface area contributed by atoms with E-state index in [4.69, 9.17) is 21.0 Å². The van der Waals surface area contributed by atoms with Gasteiger partial charge < -0.3 is 26.3 Å². The van der Waals surface area contributed by atoms with Crippen molar-refractivity contribution in [2.24, 2.45) is 11.5 Å². The SMILES string of the molecule is CC=O.CNc1nc(F)c(CN2CC(O/C(N)=C/C=C(\N)F)CC2C)s1. The number of nitrogens with two attached hydrogens (primary N) is 2. The summed E-state index contributed by atoms with van der Waals surface area (Å²) in [5.74, 6) is -1.18. The number of thiazole rings is 1. The van der Waals surface area contributed by atoms with E-state index in [0.717, 1.165) is 18.8 Å². The molecule has 0 aromatic carbocycles. The van der Waals surface area contributed by atoms with E-state index < -0.39 is 11.9 Å². The van der Waals surface area contributed by atoms with Gasteiger partial charge in [0.2, 0.25) is 5.95 Å². The van der Waals surface area contributed by atoms with Gasteiger partial charge >= 0.3 is 0 Å². The zero-order valence-corrected chi connectivity index (χ0v) is 15.9. The topological polar surface area (TPSA) is 106 Å². The van der Waals surface area contributed by atoms with Crippen LogP contribution in [0.3, 0.4) is 0 Å². The monoisotopic (exact) mass is 389 g/mol. The lowest BCUT2D eigenvalue weighted by atomic mass is 10.2. The number of nitrogens with zero attached hydrogens (tertiary/aromatic N) is 2. The fourth-order valence-corrected chi connectivity index (χ4v) is 3.29. The number of carbonyl (C=O) groups excluding carboxylic acids is 1. The maximum Gasteiger partial charge on any atom is 0.230 e. The van der Waals surface area contributed by atoms with Gasteiger partial charge in [-0.25, -0.2) is 0 Å². The summed E-state index contributed by atoms with van der Waals surface area (Å²) in [6, 6.07) is 0.217. The average molecular weight is 389 g/mol. The van der Waals surface area contributed by atoms with Crippen LogP contribution in [0, 0.1) is 5.95 Å². The van der Waals surface area contributed by atoms with Gasteiger partial charge in [0.25, 0.3) is 0 Å². The largest absolute Gasteiger partial charge is 0.475 e. The van der Waals surface area contributed by atoms with Crippen molar-refractivity contribution in [2.75, 3.05) is 18.9 Å². The summed E-state index contributed by atoms with van der Waals surface area (Å²) < 4.78 is 31.8. The second-order valence-electron chi connectivity index (χ2n) is 5.59. The van der Waals surface area contributed by atoms with Crippen molar-refractivity contribution in [1.29, 1.82) is 0 Å². The molecule has 1 fully saturated rings. The van der Waals surface area contributed by atoms with E-state index in [1.165, 1.54) is 24.3 Å². The van der Waals surface area contributed by atoms with Crippen molar-refractivity contribution < 1.29 is 18.3 Å². The number of halogens is 2. The highest BCUT2D eigenvalue weighted by atomic mass is 32.1. The highest BCUT2D eigenvalue weighted by Gasteiger charge is 2.31. The molecule has 5 N–H and O–H groups in total. The predicted molar refractivity (Wildman–Crippen MR) is 98.4 cm³/mol. The number of carbonyl (C=O) groups is 1. The van der Waals surface area contributed by atoms with Crippen LogP contribution in [-0.4, -0.2) is 41.9 Å². The number of anilines is 1. The van der Waals surface area contributed by atoms with Crippen molar-refractivity contribution in [3.63, 3.8) is 0 Å². The fourth-order valence-electron chi connectivity index (χ4n) is 2.47. The summed E-state index contributed by atoms with van der Waals surface area (Å²) in [5.41, 5.74) is 10.6. The van der Waals surface area contributed by atoms with Gasteiger partial charge in [-0.1, -0.05) is 11.3 Å². The van der Waals surface area contributed by atoms with E-state index in [1.54, 1.807) is 7.05 Å². The molecule has 2 unspecified atom stereocenters. The minimum absolute atomic E-state index is 0.103. The minimum atomic E-state index is -0.834. The van der Waals surface area contributed by atoms with Crippen molar-refractivity contribution in [2.45, 2.75) is 39.0 Å². The number of rotatable bonds is 6. The minimum Gasteiger partial charge on any atom is -0.475 e. The first-order valence-corrected chi connectivity index (χ1v) is 8.84. The lowest BCUT2D eigenvalue weighted by Gasteiger charge is -2.19. The Labute approximate surface area is 155 Å². The summed E-state index contributed by atoms with van der Waals surface area (Å²) in [6.07, 6.45) is 3.69. The lowest BCUT2D eigenvalue weighted by Crippen LogP contribution is -2.27. The Bertz CT molecular complexity index is 647. The van der Waals surface area contributed by atoms with Gasteiger partial charge in [0.1, 0.15) is 12.4 Å². The van der Waals surface area contributed by atoms with E-state index in [-0.39, 0.29) is 18.0 Å². The number of hydrogen-bond acceptors (Lipinski definition) is 8. The molecule has 1 aliphatic rings. The zero-order valence-electron chi connectivity index (χ0n) is 15.0. The third-order valence-electron chi connectivity index (χ3n) is 3.59. The number of ether oxygens (including phenoxy) is 1. The molecule has 0 spiro atoms. The fraction of sp³-hybridized carbons (Fsp3) is 0.500. The van der Waals surface area contributed by atoms with Gasteiger partial charge in [-0.15, -0.1) is 0 Å². The van der Waals surface area contributed by atoms with Crippen molar-refractivity contribution in [3.8, 4) is 0 Å². The maximum absolute atomic E-state index is 13.8. The van der Waals surface area contributed by atoms with Gasteiger partial charge in [-0.2, -0.15) is 13.8 Å². The zero-order chi connectivity index (χ0) is 19.7. The number of aromatic nitrogens is 1. The summed E-state index contributed by atoms with van der Waals surface area (Å²) in [5, 5.41) is 3.39. The number of hydrogen-bond donors (Lipinski definition) is 3. The lowest BCUT2D eigenvalue weighted by molar-refractivity contribution is -0.106. The van der Waals surface area contributed by atoms with Crippen molar-refractivity contribution in [1.82, 2.24) is 9.88 Å². The van der Waals surface area contributed by atoms with Crippen LogP contribution in [0.25, 0.3) is 0 Å². The van der Waals surface area contributed by atoms with Gasteiger partial charge in [0, 0.05) is 38.7 Å². The van der Waals surface area contributed by atoms with E-state index in [2.05, 4.69) is 15.2 Å². The van der Waals surface area contributed by atoms with Gasteiger partial charge in [-0.3, -0.25) is 4.90 Å². The van der Waals surface area contributed by atoms with E-state index >= 15 is 0 Å². The van der Waals surface area contributed by atoms with Crippen LogP contribution in [0.4, 0.5) is 13.9 Å². The molecule has 1 aromatic rings. The molecule has 2 heterocycles. The molecule has 0 saturated carbocycles. The maximum atomic E-state index is 13.8. The Balaban J connectivity index is 0.00000105. The van der Waals surface area contributed by atoms with E-state index in [0.29, 0.717) is 23.1 Å². The summed E-state index contributed by atoms with van der Waals surface area (Å²) >= 11 is 1.30. The summed E-state index contributed by atoms with van der Waals surface area (Å²) in [7, 11) is 1.71. The molecule has 10 heteroatoms. The summed E-state index contributed by atoms with van der Waals surface area (Å²) in [4.78, 5) is 15.3. The molecule has 26 heavy (non-hydrogen) atoms. The molecule has 0 aliphatic carbocycles.